The lowest BCUT2D eigenvalue weighted by Crippen LogP contribution is -2.43. The Bertz CT molecular complexity index is 357. The van der Waals surface area contributed by atoms with E-state index >= 15 is 0 Å². The zero-order valence-electron chi connectivity index (χ0n) is 9.04. The molecular formula is C12H17NO. The molecule has 1 N–H and O–H groups in total. The molecule has 14 heavy (non-hydrogen) atoms. The molecule has 2 rings (SSSR count). The number of rotatable bonds is 0. The molecule has 0 fully saturated rings. The highest BCUT2D eigenvalue weighted by atomic mass is 16.3. The van der Waals surface area contributed by atoms with Crippen LogP contribution in [0.25, 0.3) is 0 Å². The van der Waals surface area contributed by atoms with E-state index in [4.69, 9.17) is 0 Å². The molecule has 0 aromatic heterocycles. The monoisotopic (exact) mass is 191 g/mol. The van der Waals surface area contributed by atoms with Crippen molar-refractivity contribution in [2.45, 2.75) is 25.8 Å². The minimum Gasteiger partial charge on any atom is -0.508 e. The third-order valence-corrected chi connectivity index (χ3v) is 3.42. The maximum atomic E-state index is 9.41. The highest BCUT2D eigenvalue weighted by molar-refractivity contribution is 5.40. The molecule has 0 bridgehead atoms. The maximum Gasteiger partial charge on any atom is 0.115 e. The van der Waals surface area contributed by atoms with Crippen LogP contribution in [-0.2, 0) is 12.0 Å². The fourth-order valence-electron chi connectivity index (χ4n) is 2.16. The summed E-state index contributed by atoms with van der Waals surface area (Å²) >= 11 is 0. The van der Waals surface area contributed by atoms with Gasteiger partial charge in [0.15, 0.2) is 0 Å². The van der Waals surface area contributed by atoms with Crippen LogP contribution in [0.4, 0.5) is 0 Å². The molecule has 0 saturated heterocycles. The highest BCUT2D eigenvalue weighted by Crippen LogP contribution is 2.35. The molecule has 0 unspecified atom stereocenters. The van der Waals surface area contributed by atoms with Gasteiger partial charge in [0.25, 0.3) is 0 Å². The predicted molar refractivity (Wildman–Crippen MR) is 57.5 cm³/mol. The zero-order chi connectivity index (χ0) is 10.3. The summed E-state index contributed by atoms with van der Waals surface area (Å²) in [5.41, 5.74) is 2.71. The molecule has 1 heterocycles. The fraction of sp³-hybridized carbons (Fsp3) is 0.500. The molecule has 0 atom stereocenters. The summed E-state index contributed by atoms with van der Waals surface area (Å²) in [6.45, 7) is 5.51. The van der Waals surface area contributed by atoms with Crippen molar-refractivity contribution in [3.63, 3.8) is 0 Å². The van der Waals surface area contributed by atoms with Crippen LogP contribution in [0.3, 0.4) is 0 Å². The SMILES string of the molecule is CN1CCc2cc(O)ccc2C1(C)C. The molecule has 2 nitrogen and oxygen atoms in total. The number of nitrogens with zero attached hydrogens (tertiary/aromatic N) is 1. The van der Waals surface area contributed by atoms with E-state index in [-0.39, 0.29) is 5.54 Å². The second kappa shape index (κ2) is 2.99. The Morgan fingerprint density at radius 2 is 2.07 bits per heavy atom. The van der Waals surface area contributed by atoms with E-state index in [1.54, 1.807) is 6.07 Å². The quantitative estimate of drug-likeness (QED) is 0.679. The summed E-state index contributed by atoms with van der Waals surface area (Å²) < 4.78 is 0. The van der Waals surface area contributed by atoms with Gasteiger partial charge in [-0.2, -0.15) is 0 Å². The molecule has 0 radical (unpaired) electrons. The zero-order valence-corrected chi connectivity index (χ0v) is 9.04. The molecule has 2 heteroatoms. The van der Waals surface area contributed by atoms with Gasteiger partial charge < -0.3 is 5.11 Å². The molecule has 0 saturated carbocycles. The molecule has 1 aromatic rings. The highest BCUT2D eigenvalue weighted by Gasteiger charge is 2.31. The Labute approximate surface area is 85.2 Å². The van der Waals surface area contributed by atoms with Gasteiger partial charge >= 0.3 is 0 Å². The Morgan fingerprint density at radius 1 is 1.36 bits per heavy atom. The summed E-state index contributed by atoms with van der Waals surface area (Å²) in [5.74, 6) is 0.379. The first-order valence-corrected chi connectivity index (χ1v) is 5.05. The number of fused-ring (bicyclic) bond motifs is 1. The Hall–Kier alpha value is -1.02. The minimum absolute atomic E-state index is 0.0846. The van der Waals surface area contributed by atoms with E-state index in [9.17, 15) is 5.11 Å². The van der Waals surface area contributed by atoms with Crippen LogP contribution in [0, 0.1) is 0 Å². The van der Waals surface area contributed by atoms with E-state index < -0.39 is 0 Å². The van der Waals surface area contributed by atoms with Crippen molar-refractivity contribution in [1.29, 1.82) is 0 Å². The molecule has 1 aliphatic heterocycles. The number of likely N-dealkylation sites (N-methyl/N-ethyl adjacent to an activating group) is 1. The number of benzene rings is 1. The Balaban J connectivity index is 2.53. The summed E-state index contributed by atoms with van der Waals surface area (Å²) in [6, 6.07) is 5.71. The molecule has 0 aliphatic carbocycles. The number of aromatic hydroxyl groups is 1. The lowest BCUT2D eigenvalue weighted by atomic mass is 9.84. The van der Waals surface area contributed by atoms with Gasteiger partial charge in [0, 0.05) is 12.1 Å². The first-order chi connectivity index (χ1) is 6.51. The Kier molecular flexibility index (Phi) is 2.04. The van der Waals surface area contributed by atoms with Crippen LogP contribution in [0.1, 0.15) is 25.0 Å². The van der Waals surface area contributed by atoms with E-state index in [1.165, 1.54) is 11.1 Å². The van der Waals surface area contributed by atoms with Crippen LogP contribution in [0.15, 0.2) is 18.2 Å². The van der Waals surface area contributed by atoms with E-state index in [2.05, 4.69) is 25.8 Å². The van der Waals surface area contributed by atoms with Gasteiger partial charge in [-0.1, -0.05) is 6.07 Å². The van der Waals surface area contributed by atoms with Gasteiger partial charge in [0.2, 0.25) is 0 Å². The van der Waals surface area contributed by atoms with E-state index in [0.29, 0.717) is 5.75 Å². The third kappa shape index (κ3) is 1.30. The normalized spacial score (nSPS) is 20.5. The van der Waals surface area contributed by atoms with Crippen LogP contribution >= 0.6 is 0 Å². The van der Waals surface area contributed by atoms with Crippen molar-refractivity contribution in [3.8, 4) is 5.75 Å². The first-order valence-electron chi connectivity index (χ1n) is 5.05. The van der Waals surface area contributed by atoms with Crippen molar-refractivity contribution in [3.05, 3.63) is 29.3 Å². The molecule has 76 valence electrons. The lowest BCUT2D eigenvalue weighted by molar-refractivity contribution is 0.143. The van der Waals surface area contributed by atoms with Crippen molar-refractivity contribution in [2.75, 3.05) is 13.6 Å². The first kappa shape index (κ1) is 9.53. The smallest absolute Gasteiger partial charge is 0.115 e. The van der Waals surface area contributed by atoms with Crippen LogP contribution in [0.5, 0.6) is 5.75 Å². The number of hydrogen-bond acceptors (Lipinski definition) is 2. The van der Waals surface area contributed by atoms with Crippen molar-refractivity contribution >= 4 is 0 Å². The largest absolute Gasteiger partial charge is 0.508 e. The van der Waals surface area contributed by atoms with Gasteiger partial charge in [0.05, 0.1) is 0 Å². The van der Waals surface area contributed by atoms with Crippen LogP contribution in [-0.4, -0.2) is 23.6 Å². The molecule has 1 aliphatic rings. The van der Waals surface area contributed by atoms with Gasteiger partial charge in [-0.15, -0.1) is 0 Å². The Morgan fingerprint density at radius 3 is 2.79 bits per heavy atom. The third-order valence-electron chi connectivity index (χ3n) is 3.42. The number of phenols is 1. The van der Waals surface area contributed by atoms with Gasteiger partial charge in [-0.3, -0.25) is 4.90 Å². The summed E-state index contributed by atoms with van der Waals surface area (Å²) in [6.07, 6.45) is 1.03. The molecule has 1 aromatic carbocycles. The summed E-state index contributed by atoms with van der Waals surface area (Å²) in [5, 5.41) is 9.41. The summed E-state index contributed by atoms with van der Waals surface area (Å²) in [7, 11) is 2.15. The van der Waals surface area contributed by atoms with Crippen molar-refractivity contribution in [2.24, 2.45) is 0 Å². The van der Waals surface area contributed by atoms with Gasteiger partial charge in [-0.05, 0) is 50.6 Å². The van der Waals surface area contributed by atoms with Crippen molar-refractivity contribution in [1.82, 2.24) is 4.90 Å². The van der Waals surface area contributed by atoms with Gasteiger partial charge in [-0.25, -0.2) is 0 Å². The molecule has 0 spiro atoms. The molecular weight excluding hydrogens is 174 g/mol. The topological polar surface area (TPSA) is 23.5 Å². The standard InChI is InChI=1S/C12H17NO/c1-12(2)11-5-4-10(14)8-9(11)6-7-13(12)3/h4-5,8,14H,6-7H2,1-3H3. The minimum atomic E-state index is 0.0846. The maximum absolute atomic E-state index is 9.41. The van der Waals surface area contributed by atoms with E-state index in [0.717, 1.165) is 13.0 Å². The van der Waals surface area contributed by atoms with Crippen LogP contribution < -0.4 is 0 Å². The predicted octanol–water partition coefficient (Wildman–Crippen LogP) is 2.12. The summed E-state index contributed by atoms with van der Waals surface area (Å²) in [4.78, 5) is 2.35. The van der Waals surface area contributed by atoms with Crippen LogP contribution in [0.2, 0.25) is 0 Å². The second-order valence-electron chi connectivity index (χ2n) is 4.57. The average Bonchev–Trinajstić information content (AvgIpc) is 2.12. The lowest BCUT2D eigenvalue weighted by Gasteiger charge is -2.41. The van der Waals surface area contributed by atoms with Gasteiger partial charge in [0.1, 0.15) is 5.75 Å². The van der Waals surface area contributed by atoms with E-state index in [1.807, 2.05) is 12.1 Å². The van der Waals surface area contributed by atoms with Crippen molar-refractivity contribution < 1.29 is 5.11 Å². The number of phenolic OH excluding ortho intramolecular Hbond substituents is 1. The fourth-order valence-corrected chi connectivity index (χ4v) is 2.16. The second-order valence-corrected chi connectivity index (χ2v) is 4.57. The number of hydrogen-bond donors (Lipinski definition) is 1. The molecule has 0 amide bonds. The average molecular weight is 191 g/mol.